The summed E-state index contributed by atoms with van der Waals surface area (Å²) in [6.07, 6.45) is 2.93. The molecule has 0 aromatic heterocycles. The first-order valence-electron chi connectivity index (χ1n) is 6.35. The van der Waals surface area contributed by atoms with Crippen molar-refractivity contribution in [2.45, 2.75) is 0 Å². The predicted molar refractivity (Wildman–Crippen MR) is 78.7 cm³/mol. The maximum atomic E-state index is 11.8. The number of Topliss-reactive ketones (excluding diaryl/α,β-unsaturated/α-hetero) is 1. The second-order valence-corrected chi connectivity index (χ2v) is 4.23. The van der Waals surface area contributed by atoms with Gasteiger partial charge in [-0.25, -0.2) is 0 Å². The van der Waals surface area contributed by atoms with Gasteiger partial charge in [0.1, 0.15) is 0 Å². The van der Waals surface area contributed by atoms with Crippen molar-refractivity contribution in [1.29, 1.82) is 0 Å². The molecule has 3 heteroatoms. The van der Waals surface area contributed by atoms with Crippen LogP contribution < -0.4 is 5.32 Å². The van der Waals surface area contributed by atoms with E-state index in [-0.39, 0.29) is 18.1 Å². The second kappa shape index (κ2) is 7.04. The fourth-order valence-corrected chi connectivity index (χ4v) is 1.71. The van der Waals surface area contributed by atoms with Gasteiger partial charge in [-0.1, -0.05) is 60.7 Å². The molecule has 0 amide bonds. The van der Waals surface area contributed by atoms with Gasteiger partial charge in [-0.2, -0.15) is 0 Å². The SMILES string of the molecule is O=C(C=CNCC(=O)c1ccccc1)c1ccccc1. The molecule has 2 aromatic rings. The van der Waals surface area contributed by atoms with E-state index in [9.17, 15) is 9.59 Å². The molecule has 0 unspecified atom stereocenters. The highest BCUT2D eigenvalue weighted by molar-refractivity contribution is 6.04. The summed E-state index contributed by atoms with van der Waals surface area (Å²) in [5, 5.41) is 2.83. The Kier molecular flexibility index (Phi) is 4.84. The van der Waals surface area contributed by atoms with E-state index in [0.717, 1.165) is 0 Å². The molecule has 3 nitrogen and oxygen atoms in total. The van der Waals surface area contributed by atoms with E-state index in [1.54, 1.807) is 24.3 Å². The average molecular weight is 265 g/mol. The first-order chi connectivity index (χ1) is 9.77. The quantitative estimate of drug-likeness (QED) is 0.645. The highest BCUT2D eigenvalue weighted by Crippen LogP contribution is 2.01. The van der Waals surface area contributed by atoms with E-state index in [2.05, 4.69) is 5.32 Å². The Morgan fingerprint density at radius 1 is 0.850 bits per heavy atom. The Morgan fingerprint density at radius 2 is 1.40 bits per heavy atom. The lowest BCUT2D eigenvalue weighted by atomic mass is 10.1. The summed E-state index contributed by atoms with van der Waals surface area (Å²) in [4.78, 5) is 23.5. The van der Waals surface area contributed by atoms with Crippen LogP contribution in [0.15, 0.2) is 72.9 Å². The van der Waals surface area contributed by atoms with E-state index in [1.165, 1.54) is 12.3 Å². The Labute approximate surface area is 117 Å². The Bertz CT molecular complexity index is 603. The summed E-state index contributed by atoms with van der Waals surface area (Å²) in [5.74, 6) is -0.104. The summed E-state index contributed by atoms with van der Waals surface area (Å²) in [6.45, 7) is 0.169. The van der Waals surface area contributed by atoms with Crippen LogP contribution in [-0.4, -0.2) is 18.1 Å². The average Bonchev–Trinajstić information content (AvgIpc) is 2.53. The number of carbonyl (C=O) groups excluding carboxylic acids is 2. The summed E-state index contributed by atoms with van der Waals surface area (Å²) < 4.78 is 0. The molecule has 0 saturated carbocycles. The van der Waals surface area contributed by atoms with Crippen LogP contribution in [0.4, 0.5) is 0 Å². The van der Waals surface area contributed by atoms with Crippen molar-refractivity contribution < 1.29 is 9.59 Å². The fraction of sp³-hybridized carbons (Fsp3) is 0.0588. The smallest absolute Gasteiger partial charge is 0.187 e. The molecular formula is C17H15NO2. The van der Waals surface area contributed by atoms with Crippen LogP contribution >= 0.6 is 0 Å². The van der Waals surface area contributed by atoms with Crippen LogP contribution in [0, 0.1) is 0 Å². The van der Waals surface area contributed by atoms with Crippen molar-refractivity contribution in [3.05, 3.63) is 84.1 Å². The molecule has 0 heterocycles. The Balaban J connectivity index is 1.83. The molecule has 0 saturated heterocycles. The predicted octanol–water partition coefficient (Wildman–Crippen LogP) is 2.86. The topological polar surface area (TPSA) is 46.2 Å². The van der Waals surface area contributed by atoms with Crippen molar-refractivity contribution in [3.63, 3.8) is 0 Å². The molecule has 2 aromatic carbocycles. The fourth-order valence-electron chi connectivity index (χ4n) is 1.71. The molecule has 0 aliphatic carbocycles. The third-order valence-corrected chi connectivity index (χ3v) is 2.77. The van der Waals surface area contributed by atoms with Crippen LogP contribution in [0.3, 0.4) is 0 Å². The molecule has 100 valence electrons. The first kappa shape index (κ1) is 13.7. The maximum absolute atomic E-state index is 11.8. The summed E-state index contributed by atoms with van der Waals surface area (Å²) in [7, 11) is 0. The number of allylic oxidation sites excluding steroid dienone is 1. The van der Waals surface area contributed by atoms with Gasteiger partial charge in [0.05, 0.1) is 6.54 Å². The van der Waals surface area contributed by atoms with Gasteiger partial charge in [0, 0.05) is 23.4 Å². The molecule has 0 fully saturated rings. The maximum Gasteiger partial charge on any atom is 0.187 e. The highest BCUT2D eigenvalue weighted by atomic mass is 16.1. The van der Waals surface area contributed by atoms with Gasteiger partial charge in [0.25, 0.3) is 0 Å². The Hall–Kier alpha value is -2.68. The molecule has 0 spiro atoms. The first-order valence-corrected chi connectivity index (χ1v) is 6.35. The third-order valence-electron chi connectivity index (χ3n) is 2.77. The molecular weight excluding hydrogens is 250 g/mol. The number of ketones is 2. The minimum Gasteiger partial charge on any atom is -0.383 e. The van der Waals surface area contributed by atoms with E-state index in [0.29, 0.717) is 11.1 Å². The highest BCUT2D eigenvalue weighted by Gasteiger charge is 2.03. The van der Waals surface area contributed by atoms with E-state index in [4.69, 9.17) is 0 Å². The monoisotopic (exact) mass is 265 g/mol. The molecule has 0 aliphatic rings. The minimum absolute atomic E-state index is 0.0117. The summed E-state index contributed by atoms with van der Waals surface area (Å²) >= 11 is 0. The van der Waals surface area contributed by atoms with Crippen molar-refractivity contribution >= 4 is 11.6 Å². The number of carbonyl (C=O) groups is 2. The third kappa shape index (κ3) is 3.92. The molecule has 0 radical (unpaired) electrons. The van der Waals surface area contributed by atoms with Gasteiger partial charge >= 0.3 is 0 Å². The van der Waals surface area contributed by atoms with Gasteiger partial charge in [-0.15, -0.1) is 0 Å². The van der Waals surface area contributed by atoms with Crippen molar-refractivity contribution in [3.8, 4) is 0 Å². The zero-order valence-electron chi connectivity index (χ0n) is 11.0. The lowest BCUT2D eigenvalue weighted by molar-refractivity contribution is 0.0992. The van der Waals surface area contributed by atoms with E-state index >= 15 is 0 Å². The van der Waals surface area contributed by atoms with Crippen molar-refractivity contribution in [2.24, 2.45) is 0 Å². The largest absolute Gasteiger partial charge is 0.383 e. The van der Waals surface area contributed by atoms with Crippen LogP contribution in [0.1, 0.15) is 20.7 Å². The van der Waals surface area contributed by atoms with Crippen molar-refractivity contribution in [2.75, 3.05) is 6.54 Å². The lowest BCUT2D eigenvalue weighted by Gasteiger charge is -2.00. The second-order valence-electron chi connectivity index (χ2n) is 4.23. The van der Waals surface area contributed by atoms with Gasteiger partial charge in [0.15, 0.2) is 11.6 Å². The molecule has 2 rings (SSSR count). The van der Waals surface area contributed by atoms with Crippen LogP contribution in [0.5, 0.6) is 0 Å². The van der Waals surface area contributed by atoms with Crippen molar-refractivity contribution in [1.82, 2.24) is 5.32 Å². The van der Waals surface area contributed by atoms with Crippen LogP contribution in [0.25, 0.3) is 0 Å². The number of rotatable bonds is 6. The summed E-state index contributed by atoms with van der Waals surface area (Å²) in [6, 6.07) is 18.0. The van der Waals surface area contributed by atoms with Gasteiger partial charge in [0.2, 0.25) is 0 Å². The van der Waals surface area contributed by atoms with Gasteiger partial charge in [-0.3, -0.25) is 9.59 Å². The number of nitrogens with one attached hydrogen (secondary N) is 1. The summed E-state index contributed by atoms with van der Waals surface area (Å²) in [5.41, 5.74) is 1.28. The molecule has 1 N–H and O–H groups in total. The number of benzene rings is 2. The number of hydrogen-bond donors (Lipinski definition) is 1. The molecule has 20 heavy (non-hydrogen) atoms. The zero-order chi connectivity index (χ0) is 14.2. The minimum atomic E-state index is -0.0924. The van der Waals surface area contributed by atoms with Crippen LogP contribution in [-0.2, 0) is 0 Å². The molecule has 0 bridgehead atoms. The normalized spacial score (nSPS) is 10.4. The van der Waals surface area contributed by atoms with Gasteiger partial charge in [-0.05, 0) is 0 Å². The molecule has 0 atom stereocenters. The lowest BCUT2D eigenvalue weighted by Crippen LogP contribution is -2.18. The zero-order valence-corrected chi connectivity index (χ0v) is 11.0. The Morgan fingerprint density at radius 3 is 2.00 bits per heavy atom. The van der Waals surface area contributed by atoms with E-state index in [1.807, 2.05) is 36.4 Å². The number of hydrogen-bond acceptors (Lipinski definition) is 3. The van der Waals surface area contributed by atoms with E-state index < -0.39 is 0 Å². The van der Waals surface area contributed by atoms with Gasteiger partial charge < -0.3 is 5.32 Å². The molecule has 0 aliphatic heterocycles. The van der Waals surface area contributed by atoms with Crippen LogP contribution in [0.2, 0.25) is 0 Å². The standard InChI is InChI=1S/C17H15NO2/c19-16(14-7-3-1-4-8-14)11-12-18-13-17(20)15-9-5-2-6-10-15/h1-12,18H,13H2.